The molecular weight excluding hydrogens is 554 g/mol. The summed E-state index contributed by atoms with van der Waals surface area (Å²) < 4.78 is 35.1. The van der Waals surface area contributed by atoms with Gasteiger partial charge in [-0.15, -0.1) is 0 Å². The fourth-order valence-corrected chi connectivity index (χ4v) is 5.27. The lowest BCUT2D eigenvalue weighted by Crippen LogP contribution is -2.36. The summed E-state index contributed by atoms with van der Waals surface area (Å²) in [4.78, 5) is 35.4. The molecular formula is C33H26F2N4O4. The molecule has 1 atom stereocenters. The van der Waals surface area contributed by atoms with Crippen molar-refractivity contribution in [1.29, 1.82) is 0 Å². The topological polar surface area (TPSA) is 109 Å². The van der Waals surface area contributed by atoms with Gasteiger partial charge in [0.2, 0.25) is 5.91 Å². The number of aromatic amines is 1. The van der Waals surface area contributed by atoms with Crippen molar-refractivity contribution in [3.63, 3.8) is 0 Å². The number of fused-ring (bicyclic) bond motifs is 2. The second-order valence-electron chi connectivity index (χ2n) is 10.1. The van der Waals surface area contributed by atoms with Crippen molar-refractivity contribution >= 4 is 27.7 Å². The lowest BCUT2D eigenvalue weighted by atomic mass is 10.0. The Bertz CT molecular complexity index is 2020. The van der Waals surface area contributed by atoms with Gasteiger partial charge in [-0.05, 0) is 77.9 Å². The molecule has 2 heterocycles. The normalized spacial score (nSPS) is 12.0. The molecule has 1 unspecified atom stereocenters. The molecule has 10 heteroatoms. The molecule has 0 bridgehead atoms. The Labute approximate surface area is 244 Å². The molecule has 43 heavy (non-hydrogen) atoms. The quantitative estimate of drug-likeness (QED) is 0.220. The Morgan fingerprint density at radius 1 is 1.00 bits per heavy atom. The highest BCUT2D eigenvalue weighted by atomic mass is 19.1. The number of carbonyl (C=O) groups excluding carboxylic acids is 1. The van der Waals surface area contributed by atoms with E-state index in [0.717, 1.165) is 11.6 Å². The Balaban J connectivity index is 1.47. The van der Waals surface area contributed by atoms with E-state index < -0.39 is 23.6 Å². The third kappa shape index (κ3) is 5.67. The van der Waals surface area contributed by atoms with Crippen molar-refractivity contribution < 1.29 is 23.4 Å². The number of phenolic OH excluding ortho intramolecular Hbond substituents is 1. The zero-order valence-electron chi connectivity index (χ0n) is 23.0. The molecule has 0 saturated heterocycles. The summed E-state index contributed by atoms with van der Waals surface area (Å²) in [5, 5.41) is 14.0. The number of nitrogens with one attached hydrogen (secondary N) is 2. The second-order valence-corrected chi connectivity index (χ2v) is 10.1. The van der Waals surface area contributed by atoms with Crippen LogP contribution in [0.1, 0.15) is 23.0 Å². The first-order valence-corrected chi connectivity index (χ1v) is 13.5. The molecule has 216 valence electrons. The number of nitrogens with zero attached hydrogens (tertiary/aromatic N) is 2. The van der Waals surface area contributed by atoms with Gasteiger partial charge in [-0.3, -0.25) is 14.2 Å². The lowest BCUT2D eigenvalue weighted by Gasteiger charge is -2.23. The fourth-order valence-electron chi connectivity index (χ4n) is 5.27. The average Bonchev–Trinajstić information content (AvgIpc) is 3.37. The summed E-state index contributed by atoms with van der Waals surface area (Å²) in [7, 11) is 1.53. The first kappa shape index (κ1) is 27.6. The summed E-state index contributed by atoms with van der Waals surface area (Å²) >= 11 is 0. The molecule has 0 radical (unpaired) electrons. The highest BCUT2D eigenvalue weighted by Gasteiger charge is 2.25. The number of hydrogen-bond donors (Lipinski definition) is 3. The molecule has 0 fully saturated rings. The van der Waals surface area contributed by atoms with Crippen LogP contribution in [-0.2, 0) is 17.6 Å². The standard InChI is InChI=1S/C33H26F2N4O4/c1-43-25-9-6-23(7-10-25)39-32(38-29-5-3-2-4-26(29)33(39)42)30(14-19-12-21(34)16-22(35)13-19)37-31(41)15-20-18-36-28-11-8-24(40)17-27(20)28/h2-13,16-18,30,36,40H,14-15H2,1H3,(H,37,41). The van der Waals surface area contributed by atoms with Gasteiger partial charge in [0.25, 0.3) is 5.56 Å². The van der Waals surface area contributed by atoms with E-state index in [1.807, 2.05) is 0 Å². The number of amides is 1. The van der Waals surface area contributed by atoms with Crippen LogP contribution in [0.15, 0.2) is 95.9 Å². The summed E-state index contributed by atoms with van der Waals surface area (Å²) in [5.74, 6) is -1.13. The number of methoxy groups -OCH3 is 1. The smallest absolute Gasteiger partial charge is 0.266 e. The lowest BCUT2D eigenvalue weighted by molar-refractivity contribution is -0.121. The Kier molecular flexibility index (Phi) is 7.33. The highest BCUT2D eigenvalue weighted by Crippen LogP contribution is 2.26. The maximum Gasteiger partial charge on any atom is 0.266 e. The molecule has 6 rings (SSSR count). The van der Waals surface area contributed by atoms with Gasteiger partial charge in [-0.1, -0.05) is 12.1 Å². The molecule has 0 aliphatic carbocycles. The second kappa shape index (κ2) is 11.4. The number of benzene rings is 4. The third-order valence-corrected chi connectivity index (χ3v) is 7.24. The number of H-pyrrole nitrogens is 1. The predicted octanol–water partition coefficient (Wildman–Crippen LogP) is 5.50. The number of hydrogen-bond acceptors (Lipinski definition) is 5. The minimum Gasteiger partial charge on any atom is -0.508 e. The van der Waals surface area contributed by atoms with Crippen molar-refractivity contribution in [2.24, 2.45) is 0 Å². The Morgan fingerprint density at radius 3 is 2.49 bits per heavy atom. The molecule has 0 aliphatic heterocycles. The zero-order chi connectivity index (χ0) is 30.1. The number of aromatic nitrogens is 3. The molecule has 0 spiro atoms. The molecule has 8 nitrogen and oxygen atoms in total. The van der Waals surface area contributed by atoms with E-state index in [4.69, 9.17) is 9.72 Å². The maximum absolute atomic E-state index is 14.2. The maximum atomic E-state index is 14.2. The summed E-state index contributed by atoms with van der Waals surface area (Å²) in [5.41, 5.74) is 2.15. The molecule has 4 aromatic carbocycles. The summed E-state index contributed by atoms with van der Waals surface area (Å²) in [6.07, 6.45) is 1.55. The van der Waals surface area contributed by atoms with E-state index in [9.17, 15) is 23.5 Å². The highest BCUT2D eigenvalue weighted by molar-refractivity contribution is 5.90. The van der Waals surface area contributed by atoms with E-state index in [0.29, 0.717) is 33.3 Å². The van der Waals surface area contributed by atoms with E-state index in [-0.39, 0.29) is 35.5 Å². The average molecular weight is 581 g/mol. The Hall–Kier alpha value is -5.51. The predicted molar refractivity (Wildman–Crippen MR) is 159 cm³/mol. The Morgan fingerprint density at radius 2 is 1.74 bits per heavy atom. The van der Waals surface area contributed by atoms with Gasteiger partial charge >= 0.3 is 0 Å². The van der Waals surface area contributed by atoms with Crippen LogP contribution in [0, 0.1) is 11.6 Å². The minimum atomic E-state index is -0.966. The minimum absolute atomic E-state index is 0.0589. The molecule has 6 aromatic rings. The van der Waals surface area contributed by atoms with Gasteiger partial charge in [0.1, 0.15) is 29.0 Å². The van der Waals surface area contributed by atoms with Gasteiger partial charge in [0.15, 0.2) is 0 Å². The number of halogens is 2. The van der Waals surface area contributed by atoms with Crippen LogP contribution in [0.3, 0.4) is 0 Å². The number of ether oxygens (including phenoxy) is 1. The van der Waals surface area contributed by atoms with Crippen LogP contribution >= 0.6 is 0 Å². The van der Waals surface area contributed by atoms with E-state index in [1.54, 1.807) is 72.9 Å². The zero-order valence-corrected chi connectivity index (χ0v) is 23.0. The number of carbonyl (C=O) groups is 1. The summed E-state index contributed by atoms with van der Waals surface area (Å²) in [6, 6.07) is 20.6. The number of aromatic hydroxyl groups is 1. The molecule has 1 amide bonds. The van der Waals surface area contributed by atoms with Crippen molar-refractivity contribution in [1.82, 2.24) is 19.9 Å². The van der Waals surface area contributed by atoms with Crippen molar-refractivity contribution in [2.45, 2.75) is 18.9 Å². The molecule has 2 aromatic heterocycles. The van der Waals surface area contributed by atoms with E-state index in [2.05, 4.69) is 10.3 Å². The van der Waals surface area contributed by atoms with Crippen molar-refractivity contribution in [3.8, 4) is 17.2 Å². The monoisotopic (exact) mass is 580 g/mol. The SMILES string of the molecule is COc1ccc(-n2c(C(Cc3cc(F)cc(F)c3)NC(=O)Cc3c[nH]c4ccc(O)cc34)nc3ccccc3c2=O)cc1. The van der Waals surface area contributed by atoms with Gasteiger partial charge < -0.3 is 20.1 Å². The third-order valence-electron chi connectivity index (χ3n) is 7.24. The molecule has 3 N–H and O–H groups in total. The first-order valence-electron chi connectivity index (χ1n) is 13.5. The number of phenols is 1. The molecule has 0 saturated carbocycles. The molecule has 0 aliphatic rings. The van der Waals surface area contributed by atoms with Crippen molar-refractivity contribution in [2.75, 3.05) is 7.11 Å². The van der Waals surface area contributed by atoms with Gasteiger partial charge in [0, 0.05) is 29.6 Å². The van der Waals surface area contributed by atoms with Gasteiger partial charge in [-0.25, -0.2) is 13.8 Å². The number of rotatable bonds is 8. The van der Waals surface area contributed by atoms with E-state index >= 15 is 0 Å². The van der Waals surface area contributed by atoms with Crippen LogP contribution in [-0.4, -0.2) is 32.7 Å². The van der Waals surface area contributed by atoms with E-state index in [1.165, 1.54) is 23.8 Å². The van der Waals surface area contributed by atoms with Gasteiger partial charge in [-0.2, -0.15) is 0 Å². The van der Waals surface area contributed by atoms with Crippen LogP contribution in [0.2, 0.25) is 0 Å². The van der Waals surface area contributed by atoms with Crippen LogP contribution in [0.4, 0.5) is 8.78 Å². The first-order chi connectivity index (χ1) is 20.8. The van der Waals surface area contributed by atoms with Gasteiger partial charge in [0.05, 0.1) is 36.2 Å². The number of para-hydroxylation sites is 1. The van der Waals surface area contributed by atoms with Crippen molar-refractivity contribution in [3.05, 3.63) is 130 Å². The van der Waals surface area contributed by atoms with Crippen LogP contribution < -0.4 is 15.6 Å². The largest absolute Gasteiger partial charge is 0.508 e. The fraction of sp³-hybridized carbons (Fsp3) is 0.121. The van der Waals surface area contributed by atoms with Crippen LogP contribution in [0.5, 0.6) is 11.5 Å². The summed E-state index contributed by atoms with van der Waals surface area (Å²) in [6.45, 7) is 0. The van der Waals surface area contributed by atoms with Crippen LogP contribution in [0.25, 0.3) is 27.5 Å².